The number of morpholine rings is 1. The summed E-state index contributed by atoms with van der Waals surface area (Å²) < 4.78 is 44.7. The van der Waals surface area contributed by atoms with Crippen LogP contribution in [0, 0.1) is 5.82 Å². The van der Waals surface area contributed by atoms with Gasteiger partial charge in [-0.15, -0.1) is 0 Å². The minimum Gasteiger partial charge on any atom is -0.379 e. The average Bonchev–Trinajstić information content (AvgIpc) is 2.68. The second kappa shape index (κ2) is 8.87. The molecule has 2 aromatic rings. The first-order valence-electron chi connectivity index (χ1n) is 8.53. The highest BCUT2D eigenvalue weighted by Crippen LogP contribution is 2.22. The lowest BCUT2D eigenvalue weighted by molar-refractivity contribution is -0.114. The molecule has 2 aromatic carbocycles. The van der Waals surface area contributed by atoms with Gasteiger partial charge in [-0.25, -0.2) is 12.8 Å². The van der Waals surface area contributed by atoms with Crippen LogP contribution < -0.4 is 10.6 Å². The van der Waals surface area contributed by atoms with Crippen molar-refractivity contribution >= 4 is 38.9 Å². The molecule has 0 bridgehead atoms. The van der Waals surface area contributed by atoms with Crippen LogP contribution in [0.4, 0.5) is 15.8 Å². The van der Waals surface area contributed by atoms with Gasteiger partial charge in [-0.1, -0.05) is 11.6 Å². The van der Waals surface area contributed by atoms with Gasteiger partial charge in [0.05, 0.1) is 35.4 Å². The number of ether oxygens (including phenoxy) is 1. The third kappa shape index (κ3) is 4.99. The van der Waals surface area contributed by atoms with Crippen molar-refractivity contribution in [2.75, 3.05) is 43.5 Å². The summed E-state index contributed by atoms with van der Waals surface area (Å²) in [6, 6.07) is 9.77. The molecule has 1 amide bonds. The molecular weight excluding hydrogens is 409 g/mol. The maximum absolute atomic E-state index is 13.0. The predicted molar refractivity (Wildman–Crippen MR) is 105 cm³/mol. The molecule has 0 saturated carbocycles. The molecular formula is C18H19ClFN3O4S. The summed E-state index contributed by atoms with van der Waals surface area (Å²) in [6.07, 6.45) is 0. The number of carbonyl (C=O) groups is 1. The molecule has 1 saturated heterocycles. The Hall–Kier alpha value is -2.20. The summed E-state index contributed by atoms with van der Waals surface area (Å²) in [5, 5.41) is 5.64. The topological polar surface area (TPSA) is 87.7 Å². The van der Waals surface area contributed by atoms with Gasteiger partial charge in [0.2, 0.25) is 15.9 Å². The van der Waals surface area contributed by atoms with Crippen LogP contribution in [0.25, 0.3) is 0 Å². The SMILES string of the molecule is O=C(CNc1ccc(F)cc1Cl)Nc1ccc(S(=O)(=O)N2CCOCC2)cc1. The lowest BCUT2D eigenvalue weighted by atomic mass is 10.3. The number of hydrogen-bond donors (Lipinski definition) is 2. The van der Waals surface area contributed by atoms with E-state index in [0.717, 1.165) is 6.07 Å². The van der Waals surface area contributed by atoms with Gasteiger partial charge >= 0.3 is 0 Å². The number of nitrogens with zero attached hydrogens (tertiary/aromatic N) is 1. The Labute approximate surface area is 167 Å². The van der Waals surface area contributed by atoms with Gasteiger partial charge in [0.15, 0.2) is 0 Å². The number of sulfonamides is 1. The molecule has 3 rings (SSSR count). The Morgan fingerprint density at radius 3 is 2.46 bits per heavy atom. The molecule has 0 atom stereocenters. The van der Waals surface area contributed by atoms with E-state index in [-0.39, 0.29) is 22.4 Å². The zero-order chi connectivity index (χ0) is 20.1. The molecule has 150 valence electrons. The molecule has 10 heteroatoms. The van der Waals surface area contributed by atoms with E-state index in [4.69, 9.17) is 16.3 Å². The number of anilines is 2. The van der Waals surface area contributed by atoms with Gasteiger partial charge < -0.3 is 15.4 Å². The van der Waals surface area contributed by atoms with E-state index in [9.17, 15) is 17.6 Å². The van der Waals surface area contributed by atoms with Gasteiger partial charge in [0, 0.05) is 18.8 Å². The van der Waals surface area contributed by atoms with Crippen molar-refractivity contribution in [1.82, 2.24) is 4.31 Å². The lowest BCUT2D eigenvalue weighted by Gasteiger charge is -2.26. The molecule has 0 unspecified atom stereocenters. The van der Waals surface area contributed by atoms with E-state index in [1.54, 1.807) is 0 Å². The van der Waals surface area contributed by atoms with Crippen molar-refractivity contribution in [3.63, 3.8) is 0 Å². The zero-order valence-electron chi connectivity index (χ0n) is 14.8. The van der Waals surface area contributed by atoms with Crippen LogP contribution in [0.5, 0.6) is 0 Å². The minimum absolute atomic E-state index is 0.0841. The molecule has 2 N–H and O–H groups in total. The summed E-state index contributed by atoms with van der Waals surface area (Å²) in [5.74, 6) is -0.823. The van der Waals surface area contributed by atoms with Gasteiger partial charge in [0.25, 0.3) is 0 Å². The van der Waals surface area contributed by atoms with Crippen LogP contribution in [0.15, 0.2) is 47.4 Å². The summed E-state index contributed by atoms with van der Waals surface area (Å²) in [5.41, 5.74) is 0.892. The summed E-state index contributed by atoms with van der Waals surface area (Å²) in [6.45, 7) is 1.30. The molecule has 7 nitrogen and oxygen atoms in total. The van der Waals surface area contributed by atoms with Crippen LogP contribution >= 0.6 is 11.6 Å². The third-order valence-corrected chi connectivity index (χ3v) is 6.34. The first-order valence-corrected chi connectivity index (χ1v) is 10.3. The van der Waals surface area contributed by atoms with Crippen molar-refractivity contribution in [2.24, 2.45) is 0 Å². The first-order chi connectivity index (χ1) is 13.4. The normalized spacial score (nSPS) is 15.2. The lowest BCUT2D eigenvalue weighted by Crippen LogP contribution is -2.40. The van der Waals surface area contributed by atoms with E-state index >= 15 is 0 Å². The second-order valence-corrected chi connectivity index (χ2v) is 8.41. The van der Waals surface area contributed by atoms with Gasteiger partial charge in [-0.05, 0) is 42.5 Å². The van der Waals surface area contributed by atoms with Crippen LogP contribution in [0.1, 0.15) is 0 Å². The highest BCUT2D eigenvalue weighted by molar-refractivity contribution is 7.89. The molecule has 1 fully saturated rings. The number of nitrogens with one attached hydrogen (secondary N) is 2. The molecule has 1 aliphatic heterocycles. The van der Waals surface area contributed by atoms with E-state index in [2.05, 4.69) is 10.6 Å². The number of hydrogen-bond acceptors (Lipinski definition) is 5. The fourth-order valence-electron chi connectivity index (χ4n) is 2.66. The monoisotopic (exact) mass is 427 g/mol. The molecule has 28 heavy (non-hydrogen) atoms. The maximum atomic E-state index is 13.0. The molecule has 0 aliphatic carbocycles. The Kier molecular flexibility index (Phi) is 6.50. The summed E-state index contributed by atoms with van der Waals surface area (Å²) in [7, 11) is -3.58. The minimum atomic E-state index is -3.58. The predicted octanol–water partition coefficient (Wildman–Crippen LogP) is 2.55. The maximum Gasteiger partial charge on any atom is 0.243 e. The molecule has 0 radical (unpaired) electrons. The first kappa shape index (κ1) is 20.5. The Morgan fingerprint density at radius 2 is 1.82 bits per heavy atom. The van der Waals surface area contributed by atoms with E-state index < -0.39 is 15.8 Å². The number of benzene rings is 2. The molecule has 0 aromatic heterocycles. The van der Waals surface area contributed by atoms with E-state index in [1.165, 1.54) is 40.7 Å². The summed E-state index contributed by atoms with van der Waals surface area (Å²) >= 11 is 5.89. The van der Waals surface area contributed by atoms with Crippen LogP contribution in [-0.2, 0) is 19.6 Å². The van der Waals surface area contributed by atoms with Crippen molar-refractivity contribution in [1.29, 1.82) is 0 Å². The number of rotatable bonds is 6. The van der Waals surface area contributed by atoms with Gasteiger partial charge in [0.1, 0.15) is 5.82 Å². The fourth-order valence-corrected chi connectivity index (χ4v) is 4.30. The summed E-state index contributed by atoms with van der Waals surface area (Å²) in [4.78, 5) is 12.2. The van der Waals surface area contributed by atoms with Gasteiger partial charge in [-0.3, -0.25) is 4.79 Å². The standard InChI is InChI=1S/C18H19ClFN3O4S/c19-16-11-13(20)1-6-17(16)21-12-18(24)22-14-2-4-15(5-3-14)28(25,26)23-7-9-27-10-8-23/h1-6,11,21H,7-10,12H2,(H,22,24). The van der Waals surface area contributed by atoms with E-state index in [1.807, 2.05) is 0 Å². The average molecular weight is 428 g/mol. The third-order valence-electron chi connectivity index (χ3n) is 4.12. The van der Waals surface area contributed by atoms with Crippen LogP contribution in [0.3, 0.4) is 0 Å². The Balaban J connectivity index is 1.58. The fraction of sp³-hybridized carbons (Fsp3) is 0.278. The quantitative estimate of drug-likeness (QED) is 0.739. The molecule has 1 aliphatic rings. The molecule has 1 heterocycles. The van der Waals surface area contributed by atoms with Crippen molar-refractivity contribution in [3.05, 3.63) is 53.3 Å². The number of amides is 1. The Bertz CT molecular complexity index is 948. The van der Waals surface area contributed by atoms with Crippen molar-refractivity contribution in [3.8, 4) is 0 Å². The van der Waals surface area contributed by atoms with E-state index in [0.29, 0.717) is 37.7 Å². The zero-order valence-corrected chi connectivity index (χ0v) is 16.4. The largest absolute Gasteiger partial charge is 0.379 e. The van der Waals surface area contributed by atoms with Crippen LogP contribution in [-0.4, -0.2) is 51.5 Å². The van der Waals surface area contributed by atoms with Gasteiger partial charge in [-0.2, -0.15) is 4.31 Å². The highest BCUT2D eigenvalue weighted by Gasteiger charge is 2.26. The van der Waals surface area contributed by atoms with Crippen molar-refractivity contribution in [2.45, 2.75) is 4.90 Å². The second-order valence-electron chi connectivity index (χ2n) is 6.07. The van der Waals surface area contributed by atoms with Crippen molar-refractivity contribution < 1.29 is 22.3 Å². The number of carbonyl (C=O) groups excluding carboxylic acids is 1. The number of halogens is 2. The Morgan fingerprint density at radius 1 is 1.14 bits per heavy atom. The molecule has 0 spiro atoms. The highest BCUT2D eigenvalue weighted by atomic mass is 35.5. The smallest absolute Gasteiger partial charge is 0.243 e. The van der Waals surface area contributed by atoms with Crippen LogP contribution in [0.2, 0.25) is 5.02 Å².